The lowest BCUT2D eigenvalue weighted by molar-refractivity contribution is 0.114. The van der Waals surface area contributed by atoms with Crippen LogP contribution in [0.5, 0.6) is 0 Å². The first-order valence-electron chi connectivity index (χ1n) is 7.78. The highest BCUT2D eigenvalue weighted by Crippen LogP contribution is 2.32. The summed E-state index contributed by atoms with van der Waals surface area (Å²) in [5.41, 5.74) is 2.81. The van der Waals surface area contributed by atoms with Crippen LogP contribution in [0.3, 0.4) is 0 Å². The first-order chi connectivity index (χ1) is 11.7. The summed E-state index contributed by atoms with van der Waals surface area (Å²) < 4.78 is 34.0. The molecule has 4 rings (SSSR count). The molecule has 1 aromatic heterocycles. The lowest BCUT2D eigenvalue weighted by atomic mass is 10.2. The van der Waals surface area contributed by atoms with Crippen molar-refractivity contribution in [3.63, 3.8) is 0 Å². The molecule has 0 spiro atoms. The molecule has 1 aliphatic rings. The van der Waals surface area contributed by atoms with Crippen molar-refractivity contribution in [1.82, 2.24) is 4.57 Å². The Bertz CT molecular complexity index is 827. The molecule has 2 heterocycles. The van der Waals surface area contributed by atoms with Gasteiger partial charge < -0.3 is 14.2 Å². The molecule has 122 valence electrons. The van der Waals surface area contributed by atoms with Crippen LogP contribution in [0.4, 0.5) is 14.5 Å². The van der Waals surface area contributed by atoms with Crippen LogP contribution in [0.15, 0.2) is 67.0 Å². The molecular formula is C19H16F2N2O. The molecule has 0 bridgehead atoms. The van der Waals surface area contributed by atoms with Crippen LogP contribution >= 0.6 is 0 Å². The third kappa shape index (κ3) is 2.78. The molecule has 1 fully saturated rings. The van der Waals surface area contributed by atoms with Crippen molar-refractivity contribution >= 4 is 5.69 Å². The number of ether oxygens (including phenoxy) is 1. The maximum absolute atomic E-state index is 13.1. The maximum Gasteiger partial charge on any atom is 0.158 e. The number of aromatic nitrogens is 1. The van der Waals surface area contributed by atoms with Crippen molar-refractivity contribution in [2.45, 2.75) is 6.23 Å². The van der Waals surface area contributed by atoms with Crippen molar-refractivity contribution in [3.05, 3.63) is 84.2 Å². The zero-order valence-electron chi connectivity index (χ0n) is 12.9. The highest BCUT2D eigenvalue weighted by Gasteiger charge is 2.27. The second-order valence-corrected chi connectivity index (χ2v) is 5.72. The predicted octanol–water partition coefficient (Wildman–Crippen LogP) is 4.29. The molecule has 0 amide bonds. The van der Waals surface area contributed by atoms with E-state index in [9.17, 15) is 8.78 Å². The van der Waals surface area contributed by atoms with Gasteiger partial charge in [-0.15, -0.1) is 0 Å². The van der Waals surface area contributed by atoms with Crippen molar-refractivity contribution in [2.24, 2.45) is 0 Å². The van der Waals surface area contributed by atoms with Gasteiger partial charge in [0, 0.05) is 35.9 Å². The van der Waals surface area contributed by atoms with E-state index >= 15 is 0 Å². The highest BCUT2D eigenvalue weighted by molar-refractivity contribution is 5.49. The molecule has 0 unspecified atom stereocenters. The minimum absolute atomic E-state index is 0.211. The van der Waals surface area contributed by atoms with Crippen LogP contribution in [0.25, 0.3) is 5.69 Å². The average Bonchev–Trinajstić information content (AvgIpc) is 3.25. The van der Waals surface area contributed by atoms with E-state index in [0.29, 0.717) is 6.61 Å². The van der Waals surface area contributed by atoms with E-state index in [1.807, 2.05) is 23.0 Å². The van der Waals surface area contributed by atoms with Gasteiger partial charge in [-0.1, -0.05) is 0 Å². The van der Waals surface area contributed by atoms with Gasteiger partial charge in [0.2, 0.25) is 0 Å². The molecule has 1 saturated heterocycles. The summed E-state index contributed by atoms with van der Waals surface area (Å²) in [6.07, 6.45) is 3.68. The van der Waals surface area contributed by atoms with Crippen LogP contribution in [0.1, 0.15) is 11.8 Å². The van der Waals surface area contributed by atoms with E-state index < -0.39 is 0 Å². The zero-order chi connectivity index (χ0) is 16.5. The molecule has 1 atom stereocenters. The summed E-state index contributed by atoms with van der Waals surface area (Å²) in [5.74, 6) is -0.509. The van der Waals surface area contributed by atoms with Crippen LogP contribution in [0.2, 0.25) is 0 Å². The Morgan fingerprint density at radius 1 is 0.833 bits per heavy atom. The normalized spacial score (nSPS) is 17.4. The van der Waals surface area contributed by atoms with Gasteiger partial charge in [0.1, 0.15) is 11.6 Å². The van der Waals surface area contributed by atoms with Crippen LogP contribution in [-0.2, 0) is 4.74 Å². The van der Waals surface area contributed by atoms with E-state index in [2.05, 4.69) is 4.90 Å². The Morgan fingerprint density at radius 2 is 1.46 bits per heavy atom. The fourth-order valence-electron chi connectivity index (χ4n) is 2.98. The molecule has 5 heteroatoms. The minimum atomic E-state index is -0.257. The van der Waals surface area contributed by atoms with Gasteiger partial charge in [-0.3, -0.25) is 0 Å². The van der Waals surface area contributed by atoms with Crippen molar-refractivity contribution < 1.29 is 13.5 Å². The monoisotopic (exact) mass is 326 g/mol. The Labute approximate surface area is 138 Å². The number of hydrogen-bond donors (Lipinski definition) is 0. The Hall–Kier alpha value is -2.66. The number of nitrogens with zero attached hydrogens (tertiary/aromatic N) is 2. The largest absolute Gasteiger partial charge is 0.352 e. The van der Waals surface area contributed by atoms with Gasteiger partial charge in [-0.25, -0.2) is 8.78 Å². The highest BCUT2D eigenvalue weighted by atomic mass is 19.1. The molecule has 3 nitrogen and oxygen atoms in total. The van der Waals surface area contributed by atoms with Crippen LogP contribution < -0.4 is 4.90 Å². The van der Waals surface area contributed by atoms with E-state index in [4.69, 9.17) is 4.74 Å². The van der Waals surface area contributed by atoms with Crippen LogP contribution in [-0.4, -0.2) is 17.7 Å². The molecule has 2 aromatic carbocycles. The molecule has 0 N–H and O–H groups in total. The van der Waals surface area contributed by atoms with Gasteiger partial charge in [-0.2, -0.15) is 0 Å². The SMILES string of the molecule is Fc1ccc(N2CCO[C@H]2c2ccn(-c3ccc(F)cc3)c2)cc1. The lowest BCUT2D eigenvalue weighted by Gasteiger charge is -2.24. The van der Waals surface area contributed by atoms with E-state index in [-0.39, 0.29) is 17.9 Å². The second-order valence-electron chi connectivity index (χ2n) is 5.72. The number of rotatable bonds is 3. The minimum Gasteiger partial charge on any atom is -0.352 e. The third-order valence-electron chi connectivity index (χ3n) is 4.17. The van der Waals surface area contributed by atoms with Gasteiger partial charge in [0.15, 0.2) is 6.23 Å². The Kier molecular flexibility index (Phi) is 3.78. The fourth-order valence-corrected chi connectivity index (χ4v) is 2.98. The maximum atomic E-state index is 13.1. The third-order valence-corrected chi connectivity index (χ3v) is 4.17. The molecule has 24 heavy (non-hydrogen) atoms. The Morgan fingerprint density at radius 3 is 2.12 bits per heavy atom. The van der Waals surface area contributed by atoms with E-state index in [1.54, 1.807) is 24.3 Å². The molecule has 0 saturated carbocycles. The van der Waals surface area contributed by atoms with Gasteiger partial charge in [0.25, 0.3) is 0 Å². The topological polar surface area (TPSA) is 17.4 Å². The summed E-state index contributed by atoms with van der Waals surface area (Å²) in [4.78, 5) is 2.10. The smallest absolute Gasteiger partial charge is 0.158 e. The second kappa shape index (κ2) is 6.09. The number of halogens is 2. The molecule has 0 aliphatic carbocycles. The summed E-state index contributed by atoms with van der Waals surface area (Å²) in [6, 6.07) is 14.7. The molecular weight excluding hydrogens is 310 g/mol. The summed E-state index contributed by atoms with van der Waals surface area (Å²) in [7, 11) is 0. The van der Waals surface area contributed by atoms with Crippen molar-refractivity contribution in [1.29, 1.82) is 0 Å². The molecule has 3 aromatic rings. The predicted molar refractivity (Wildman–Crippen MR) is 88.2 cm³/mol. The number of hydrogen-bond acceptors (Lipinski definition) is 2. The van der Waals surface area contributed by atoms with E-state index in [1.165, 1.54) is 24.3 Å². The van der Waals surface area contributed by atoms with E-state index in [0.717, 1.165) is 23.5 Å². The molecule has 1 aliphatic heterocycles. The van der Waals surface area contributed by atoms with Gasteiger partial charge >= 0.3 is 0 Å². The van der Waals surface area contributed by atoms with Gasteiger partial charge in [-0.05, 0) is 54.6 Å². The average molecular weight is 326 g/mol. The first-order valence-corrected chi connectivity index (χ1v) is 7.78. The fraction of sp³-hybridized carbons (Fsp3) is 0.158. The summed E-state index contributed by atoms with van der Waals surface area (Å²) in [5, 5.41) is 0. The van der Waals surface area contributed by atoms with Crippen molar-refractivity contribution in [2.75, 3.05) is 18.1 Å². The van der Waals surface area contributed by atoms with Crippen molar-refractivity contribution in [3.8, 4) is 5.69 Å². The number of benzene rings is 2. The zero-order valence-corrected chi connectivity index (χ0v) is 12.9. The van der Waals surface area contributed by atoms with Crippen LogP contribution in [0, 0.1) is 11.6 Å². The molecule has 0 radical (unpaired) electrons. The Balaban J connectivity index is 1.61. The van der Waals surface area contributed by atoms with Gasteiger partial charge in [0.05, 0.1) is 6.61 Å². The first kappa shape index (κ1) is 14.9. The quantitative estimate of drug-likeness (QED) is 0.714. The standard InChI is InChI=1S/C19H16F2N2O/c20-15-1-5-17(6-2-15)22-10-9-14(13-22)19-23(11-12-24-19)18-7-3-16(21)4-8-18/h1-10,13,19H,11-12H2/t19-/m0/s1. The summed E-state index contributed by atoms with van der Waals surface area (Å²) >= 11 is 0. The summed E-state index contributed by atoms with van der Waals surface area (Å²) in [6.45, 7) is 1.36. The number of anilines is 1. The lowest BCUT2D eigenvalue weighted by Crippen LogP contribution is -2.22.